The monoisotopic (exact) mass is 263 g/mol. The lowest BCUT2D eigenvalue weighted by Crippen LogP contribution is -2.44. The molecule has 1 heterocycles. The molecule has 0 aromatic heterocycles. The van der Waals surface area contributed by atoms with Crippen molar-refractivity contribution in [3.63, 3.8) is 0 Å². The molecule has 0 bridgehead atoms. The van der Waals surface area contributed by atoms with Gasteiger partial charge in [0.25, 0.3) is 0 Å². The van der Waals surface area contributed by atoms with Crippen molar-refractivity contribution in [1.29, 1.82) is 0 Å². The molecular formula is C10H18NO5P. The second-order valence-electron chi connectivity index (χ2n) is 4.84. The first-order valence-electron chi connectivity index (χ1n) is 5.96. The topological polar surface area (TPSA) is 95.9 Å². The largest absolute Gasteiger partial charge is 0.512 e. The number of piperidine rings is 1. The fourth-order valence-corrected chi connectivity index (χ4v) is 4.90. The molecular weight excluding hydrogens is 245 g/mol. The van der Waals surface area contributed by atoms with Crippen LogP contribution in [0.25, 0.3) is 0 Å². The Balaban J connectivity index is 2.12. The van der Waals surface area contributed by atoms with Crippen molar-refractivity contribution in [1.82, 2.24) is 5.32 Å². The molecule has 0 radical (unpaired) electrons. The lowest BCUT2D eigenvalue weighted by Gasteiger charge is -2.41. The number of carboxylic acid groups (broad SMARTS) is 1. The molecule has 0 aromatic rings. The van der Waals surface area contributed by atoms with Gasteiger partial charge in [-0.2, -0.15) is 0 Å². The van der Waals surface area contributed by atoms with E-state index in [1.807, 2.05) is 0 Å². The van der Waals surface area contributed by atoms with Crippen LogP contribution in [0.5, 0.6) is 0 Å². The van der Waals surface area contributed by atoms with Gasteiger partial charge in [-0.05, 0) is 44.2 Å². The summed E-state index contributed by atoms with van der Waals surface area (Å²) >= 11 is 0. The molecule has 7 heteroatoms. The van der Waals surface area contributed by atoms with E-state index < -0.39 is 19.4 Å². The van der Waals surface area contributed by atoms with Gasteiger partial charge >= 0.3 is 13.8 Å². The fourth-order valence-electron chi connectivity index (χ4n) is 3.15. The van der Waals surface area contributed by atoms with Crippen molar-refractivity contribution < 1.29 is 23.9 Å². The Morgan fingerprint density at radius 1 is 1.35 bits per heavy atom. The molecule has 1 saturated carbocycles. The van der Waals surface area contributed by atoms with Crippen molar-refractivity contribution in [3.05, 3.63) is 0 Å². The maximum absolute atomic E-state index is 12.0. The SMILES string of the molecule is O=C(O)OP(=O)(O)[C@H]1CCC[C@@H]2CNCC[C@H]21. The Hall–Kier alpha value is -0.580. The van der Waals surface area contributed by atoms with Crippen LogP contribution in [0.3, 0.4) is 0 Å². The van der Waals surface area contributed by atoms with Crippen molar-refractivity contribution in [2.45, 2.75) is 31.3 Å². The maximum atomic E-state index is 12.0. The third kappa shape index (κ3) is 2.81. The number of carbonyl (C=O) groups is 1. The van der Waals surface area contributed by atoms with Crippen molar-refractivity contribution in [2.75, 3.05) is 13.1 Å². The van der Waals surface area contributed by atoms with Gasteiger partial charge in [0.05, 0.1) is 5.66 Å². The Morgan fingerprint density at radius 3 is 2.82 bits per heavy atom. The normalized spacial score (nSPS) is 36.6. The highest BCUT2D eigenvalue weighted by molar-refractivity contribution is 7.54. The Morgan fingerprint density at radius 2 is 2.12 bits per heavy atom. The van der Waals surface area contributed by atoms with Gasteiger partial charge in [-0.3, -0.25) is 0 Å². The van der Waals surface area contributed by atoms with Gasteiger partial charge in [0.1, 0.15) is 0 Å². The van der Waals surface area contributed by atoms with E-state index in [4.69, 9.17) is 5.11 Å². The lowest BCUT2D eigenvalue weighted by molar-refractivity contribution is 0.126. The fraction of sp³-hybridized carbons (Fsp3) is 0.900. The molecule has 1 unspecified atom stereocenters. The minimum atomic E-state index is -4.04. The van der Waals surface area contributed by atoms with Gasteiger partial charge in [0, 0.05) is 0 Å². The Kier molecular flexibility index (Phi) is 3.76. The van der Waals surface area contributed by atoms with Crippen LogP contribution in [-0.2, 0) is 9.09 Å². The van der Waals surface area contributed by atoms with Crippen molar-refractivity contribution in [3.8, 4) is 0 Å². The molecule has 1 aliphatic carbocycles. The van der Waals surface area contributed by atoms with E-state index >= 15 is 0 Å². The van der Waals surface area contributed by atoms with Crippen LogP contribution in [0.4, 0.5) is 4.79 Å². The van der Waals surface area contributed by atoms with Crippen LogP contribution >= 0.6 is 7.60 Å². The standard InChI is InChI=1S/C10H18NO5P/c12-10(13)16-17(14,15)9-3-1-2-7-6-11-5-4-8(7)9/h7-9,11H,1-6H2,(H,12,13)(H,14,15)/t7-,8-,9+/m1/s1. The summed E-state index contributed by atoms with van der Waals surface area (Å²) in [7, 11) is -4.04. The van der Waals surface area contributed by atoms with E-state index in [2.05, 4.69) is 9.84 Å². The minimum Gasteiger partial charge on any atom is -0.449 e. The third-order valence-electron chi connectivity index (χ3n) is 3.86. The minimum absolute atomic E-state index is 0.111. The van der Waals surface area contributed by atoms with Crippen molar-refractivity contribution in [2.24, 2.45) is 11.8 Å². The predicted octanol–water partition coefficient (Wildman–Crippen LogP) is 1.64. The highest BCUT2D eigenvalue weighted by atomic mass is 31.2. The number of hydrogen-bond acceptors (Lipinski definition) is 4. The van der Waals surface area contributed by atoms with Crippen LogP contribution in [0, 0.1) is 11.8 Å². The second kappa shape index (κ2) is 4.96. The highest BCUT2D eigenvalue weighted by Gasteiger charge is 2.46. The molecule has 3 N–H and O–H groups in total. The zero-order chi connectivity index (χ0) is 12.5. The molecule has 2 fully saturated rings. The van der Waals surface area contributed by atoms with Gasteiger partial charge in [0.15, 0.2) is 0 Å². The molecule has 1 saturated heterocycles. The molecule has 6 nitrogen and oxygen atoms in total. The van der Waals surface area contributed by atoms with Gasteiger partial charge < -0.3 is 19.8 Å². The molecule has 17 heavy (non-hydrogen) atoms. The molecule has 4 atom stereocenters. The average molecular weight is 263 g/mol. The van der Waals surface area contributed by atoms with E-state index in [9.17, 15) is 14.3 Å². The maximum Gasteiger partial charge on any atom is 0.512 e. The average Bonchev–Trinajstić information content (AvgIpc) is 2.26. The zero-order valence-corrected chi connectivity index (χ0v) is 10.4. The number of nitrogens with one attached hydrogen (secondary N) is 1. The summed E-state index contributed by atoms with van der Waals surface area (Å²) in [4.78, 5) is 20.2. The highest BCUT2D eigenvalue weighted by Crippen LogP contribution is 2.57. The van der Waals surface area contributed by atoms with Gasteiger partial charge in [-0.25, -0.2) is 9.36 Å². The molecule has 2 aliphatic rings. The number of hydrogen-bond donors (Lipinski definition) is 3. The zero-order valence-electron chi connectivity index (χ0n) is 9.54. The van der Waals surface area contributed by atoms with E-state index in [0.717, 1.165) is 32.4 Å². The van der Waals surface area contributed by atoms with E-state index in [0.29, 0.717) is 12.3 Å². The van der Waals surface area contributed by atoms with Crippen LogP contribution in [0.15, 0.2) is 0 Å². The van der Waals surface area contributed by atoms with Gasteiger partial charge in [0.2, 0.25) is 0 Å². The Bertz CT molecular complexity index is 346. The number of rotatable bonds is 2. The molecule has 98 valence electrons. The predicted molar refractivity (Wildman–Crippen MR) is 61.0 cm³/mol. The smallest absolute Gasteiger partial charge is 0.449 e. The quantitative estimate of drug-likeness (QED) is 0.655. The summed E-state index contributed by atoms with van der Waals surface area (Å²) in [5.41, 5.74) is -0.514. The van der Waals surface area contributed by atoms with Crippen LogP contribution in [0.2, 0.25) is 0 Å². The third-order valence-corrected chi connectivity index (χ3v) is 5.76. The van der Waals surface area contributed by atoms with E-state index in [-0.39, 0.29) is 5.92 Å². The summed E-state index contributed by atoms with van der Waals surface area (Å²) in [6, 6.07) is 0. The van der Waals surface area contributed by atoms with Gasteiger partial charge in [-0.15, -0.1) is 0 Å². The molecule has 1 aliphatic heterocycles. The van der Waals surface area contributed by atoms with E-state index in [1.165, 1.54) is 0 Å². The van der Waals surface area contributed by atoms with Crippen LogP contribution < -0.4 is 5.32 Å². The summed E-state index contributed by atoms with van der Waals surface area (Å²) in [5, 5.41) is 11.8. The first-order chi connectivity index (χ1) is 8.00. The first kappa shape index (κ1) is 12.9. The summed E-state index contributed by atoms with van der Waals surface area (Å²) in [6.45, 7) is 1.68. The van der Waals surface area contributed by atoms with Crippen LogP contribution in [-0.4, -0.2) is 34.9 Å². The summed E-state index contributed by atoms with van der Waals surface area (Å²) in [6.07, 6.45) is 1.65. The van der Waals surface area contributed by atoms with E-state index in [1.54, 1.807) is 0 Å². The molecule has 0 amide bonds. The first-order valence-corrected chi connectivity index (χ1v) is 7.61. The Labute approximate surface area is 99.9 Å². The molecule has 0 spiro atoms. The summed E-state index contributed by atoms with van der Waals surface area (Å²) < 4.78 is 16.2. The van der Waals surface area contributed by atoms with Crippen LogP contribution in [0.1, 0.15) is 25.7 Å². The second-order valence-corrected chi connectivity index (χ2v) is 6.81. The lowest BCUT2D eigenvalue weighted by atomic mass is 9.75. The molecule has 0 aromatic carbocycles. The van der Waals surface area contributed by atoms with Gasteiger partial charge in [-0.1, -0.05) is 6.42 Å². The summed E-state index contributed by atoms with van der Waals surface area (Å²) in [5.74, 6) is 0.487. The molecule has 2 rings (SSSR count). The number of fused-ring (bicyclic) bond motifs is 1. The van der Waals surface area contributed by atoms with Crippen molar-refractivity contribution >= 4 is 13.8 Å².